The Morgan fingerprint density at radius 3 is 2.48 bits per heavy atom. The number of nitrogens with one attached hydrogen (secondary N) is 2. The highest BCUT2D eigenvalue weighted by Gasteiger charge is 2.13. The summed E-state index contributed by atoms with van der Waals surface area (Å²) in [5.41, 5.74) is 5.26. The van der Waals surface area contributed by atoms with E-state index in [0.717, 1.165) is 21.9 Å². The number of rotatable bonds is 7. The van der Waals surface area contributed by atoms with E-state index < -0.39 is 11.8 Å². The van der Waals surface area contributed by atoms with E-state index in [9.17, 15) is 9.59 Å². The number of nitrogens with zero attached hydrogens (tertiary/aromatic N) is 1. The largest absolute Gasteiger partial charge is 0.488 e. The molecule has 0 aliphatic carbocycles. The summed E-state index contributed by atoms with van der Waals surface area (Å²) in [6.07, 6.45) is 1.51. The Bertz CT molecular complexity index is 1090. The summed E-state index contributed by atoms with van der Waals surface area (Å²) in [7, 11) is 0. The zero-order valence-electron chi connectivity index (χ0n) is 18.0. The van der Waals surface area contributed by atoms with E-state index in [-0.39, 0.29) is 5.92 Å². The Hall–Kier alpha value is -3.67. The molecule has 31 heavy (non-hydrogen) atoms. The average Bonchev–Trinajstić information content (AvgIpc) is 2.77. The standard InChI is InChI=1S/C25H27N3O3/c1-17(2)14-26-24(29)25(30)28-27-15-22-21-7-5-4-6-20(21)12-13-23(22)31-16-19-10-8-18(3)9-11-19/h4-13,15,17H,14,16H2,1-3H3,(H,26,29)(H,28,30)/b27-15-. The molecule has 0 bridgehead atoms. The smallest absolute Gasteiger partial charge is 0.329 e. The molecule has 3 aromatic rings. The Kier molecular flexibility index (Phi) is 7.38. The molecule has 0 aliphatic heterocycles. The number of hydrazone groups is 1. The minimum Gasteiger partial charge on any atom is -0.488 e. The van der Waals surface area contributed by atoms with Crippen LogP contribution in [0.4, 0.5) is 0 Å². The molecule has 0 atom stereocenters. The molecule has 0 heterocycles. The van der Waals surface area contributed by atoms with Crippen LogP contribution in [0.1, 0.15) is 30.5 Å². The summed E-state index contributed by atoms with van der Waals surface area (Å²) in [6.45, 7) is 6.78. The molecule has 3 aromatic carbocycles. The third-order valence-electron chi connectivity index (χ3n) is 4.68. The second-order valence-corrected chi connectivity index (χ2v) is 7.78. The molecule has 0 saturated heterocycles. The van der Waals surface area contributed by atoms with E-state index in [1.165, 1.54) is 11.8 Å². The van der Waals surface area contributed by atoms with Crippen LogP contribution in [0, 0.1) is 12.8 Å². The van der Waals surface area contributed by atoms with Crippen molar-refractivity contribution in [1.29, 1.82) is 0 Å². The number of benzene rings is 3. The van der Waals surface area contributed by atoms with Crippen LogP contribution in [-0.4, -0.2) is 24.6 Å². The van der Waals surface area contributed by atoms with E-state index in [1.54, 1.807) is 0 Å². The number of amides is 2. The van der Waals surface area contributed by atoms with Gasteiger partial charge in [-0.2, -0.15) is 5.10 Å². The molecule has 0 fully saturated rings. The first kappa shape index (κ1) is 22.0. The third-order valence-corrected chi connectivity index (χ3v) is 4.68. The predicted molar refractivity (Wildman–Crippen MR) is 123 cm³/mol. The van der Waals surface area contributed by atoms with Gasteiger partial charge in [0.2, 0.25) is 0 Å². The van der Waals surface area contributed by atoms with E-state index in [4.69, 9.17) is 4.74 Å². The third kappa shape index (κ3) is 6.15. The van der Waals surface area contributed by atoms with E-state index in [1.807, 2.05) is 81.4 Å². The molecule has 0 unspecified atom stereocenters. The quantitative estimate of drug-likeness (QED) is 0.347. The Morgan fingerprint density at radius 1 is 1.00 bits per heavy atom. The first-order valence-electron chi connectivity index (χ1n) is 10.3. The summed E-state index contributed by atoms with van der Waals surface area (Å²) >= 11 is 0. The highest BCUT2D eigenvalue weighted by Crippen LogP contribution is 2.27. The van der Waals surface area contributed by atoms with Crippen LogP contribution in [-0.2, 0) is 16.2 Å². The molecule has 3 rings (SSSR count). The molecule has 0 aliphatic rings. The van der Waals surface area contributed by atoms with Crippen LogP contribution in [0.25, 0.3) is 10.8 Å². The van der Waals surface area contributed by atoms with Crippen molar-refractivity contribution in [2.45, 2.75) is 27.4 Å². The molecule has 160 valence electrons. The Balaban J connectivity index is 1.77. The van der Waals surface area contributed by atoms with Gasteiger partial charge in [-0.3, -0.25) is 9.59 Å². The summed E-state index contributed by atoms with van der Waals surface area (Å²) in [4.78, 5) is 23.8. The number of aryl methyl sites for hydroxylation is 1. The summed E-state index contributed by atoms with van der Waals surface area (Å²) in [5, 5.41) is 8.52. The van der Waals surface area contributed by atoms with Crippen LogP contribution >= 0.6 is 0 Å². The maximum absolute atomic E-state index is 12.0. The lowest BCUT2D eigenvalue weighted by Gasteiger charge is -2.12. The number of ether oxygens (including phenoxy) is 1. The van der Waals surface area contributed by atoms with Gasteiger partial charge in [-0.05, 0) is 35.2 Å². The van der Waals surface area contributed by atoms with Crippen molar-refractivity contribution < 1.29 is 14.3 Å². The first-order valence-corrected chi connectivity index (χ1v) is 10.3. The molecule has 0 radical (unpaired) electrons. The fourth-order valence-corrected chi connectivity index (χ4v) is 2.96. The highest BCUT2D eigenvalue weighted by molar-refractivity contribution is 6.35. The summed E-state index contributed by atoms with van der Waals surface area (Å²) in [5.74, 6) is -0.621. The highest BCUT2D eigenvalue weighted by atomic mass is 16.5. The molecular formula is C25H27N3O3. The van der Waals surface area contributed by atoms with Gasteiger partial charge < -0.3 is 10.1 Å². The molecule has 0 spiro atoms. The molecule has 6 nitrogen and oxygen atoms in total. The summed E-state index contributed by atoms with van der Waals surface area (Å²) < 4.78 is 6.06. The Labute approximate surface area is 182 Å². The molecule has 2 N–H and O–H groups in total. The van der Waals surface area contributed by atoms with Crippen molar-refractivity contribution in [1.82, 2.24) is 10.7 Å². The van der Waals surface area contributed by atoms with Gasteiger partial charge in [0.25, 0.3) is 0 Å². The fourth-order valence-electron chi connectivity index (χ4n) is 2.96. The van der Waals surface area contributed by atoms with Crippen molar-refractivity contribution in [3.05, 3.63) is 77.4 Å². The zero-order valence-corrected chi connectivity index (χ0v) is 18.0. The minimum absolute atomic E-state index is 0.254. The van der Waals surface area contributed by atoms with Crippen molar-refractivity contribution in [3.8, 4) is 5.75 Å². The molecular weight excluding hydrogens is 390 g/mol. The number of carbonyl (C=O) groups excluding carboxylic acids is 2. The molecule has 0 aromatic heterocycles. The van der Waals surface area contributed by atoms with Crippen molar-refractivity contribution >= 4 is 28.8 Å². The normalized spacial score (nSPS) is 11.1. The SMILES string of the molecule is Cc1ccc(COc2ccc3ccccc3c2/C=N\NC(=O)C(=O)NCC(C)C)cc1. The van der Waals surface area contributed by atoms with Gasteiger partial charge in [0.1, 0.15) is 12.4 Å². The van der Waals surface area contributed by atoms with Crippen LogP contribution < -0.4 is 15.5 Å². The van der Waals surface area contributed by atoms with Crippen LogP contribution in [0.5, 0.6) is 5.75 Å². The van der Waals surface area contributed by atoms with Gasteiger partial charge in [0.05, 0.1) is 6.21 Å². The number of hydrogen-bond acceptors (Lipinski definition) is 4. The lowest BCUT2D eigenvalue weighted by Crippen LogP contribution is -2.39. The van der Waals surface area contributed by atoms with Crippen molar-refractivity contribution in [2.24, 2.45) is 11.0 Å². The fraction of sp³-hybridized carbons (Fsp3) is 0.240. The second kappa shape index (κ2) is 10.4. The van der Waals surface area contributed by atoms with Gasteiger partial charge in [-0.15, -0.1) is 0 Å². The first-order chi connectivity index (χ1) is 14.9. The Morgan fingerprint density at radius 2 is 1.74 bits per heavy atom. The lowest BCUT2D eigenvalue weighted by molar-refractivity contribution is -0.139. The van der Waals surface area contributed by atoms with Gasteiger partial charge in [-0.25, -0.2) is 5.43 Å². The van der Waals surface area contributed by atoms with E-state index in [0.29, 0.717) is 18.9 Å². The number of carbonyl (C=O) groups is 2. The van der Waals surface area contributed by atoms with Gasteiger partial charge >= 0.3 is 11.8 Å². The predicted octanol–water partition coefficient (Wildman–Crippen LogP) is 3.95. The maximum Gasteiger partial charge on any atom is 0.329 e. The monoisotopic (exact) mass is 417 g/mol. The van der Waals surface area contributed by atoms with Gasteiger partial charge in [0.15, 0.2) is 0 Å². The molecule has 6 heteroatoms. The topological polar surface area (TPSA) is 79.8 Å². The van der Waals surface area contributed by atoms with Crippen molar-refractivity contribution in [3.63, 3.8) is 0 Å². The lowest BCUT2D eigenvalue weighted by atomic mass is 10.0. The van der Waals surface area contributed by atoms with Crippen LogP contribution in [0.2, 0.25) is 0 Å². The minimum atomic E-state index is -0.806. The van der Waals surface area contributed by atoms with E-state index in [2.05, 4.69) is 15.8 Å². The van der Waals surface area contributed by atoms with Crippen molar-refractivity contribution in [2.75, 3.05) is 6.54 Å². The van der Waals surface area contributed by atoms with Crippen LogP contribution in [0.3, 0.4) is 0 Å². The summed E-state index contributed by atoms with van der Waals surface area (Å²) in [6, 6.07) is 19.9. The molecule has 2 amide bonds. The van der Waals surface area contributed by atoms with Crippen LogP contribution in [0.15, 0.2) is 65.8 Å². The van der Waals surface area contributed by atoms with Gasteiger partial charge in [-0.1, -0.05) is 74.0 Å². The molecule has 0 saturated carbocycles. The second-order valence-electron chi connectivity index (χ2n) is 7.78. The average molecular weight is 418 g/mol. The van der Waals surface area contributed by atoms with E-state index >= 15 is 0 Å². The number of fused-ring (bicyclic) bond motifs is 1. The number of hydrogen-bond donors (Lipinski definition) is 2. The van der Waals surface area contributed by atoms with Gasteiger partial charge in [0, 0.05) is 12.1 Å². The zero-order chi connectivity index (χ0) is 22.2. The maximum atomic E-state index is 12.0.